The van der Waals surface area contributed by atoms with E-state index in [1.807, 2.05) is 11.7 Å². The molecular formula is C12H18BrN3O. The number of fused-ring (bicyclic) bond motifs is 2. The Bertz CT molecular complexity index is 420. The van der Waals surface area contributed by atoms with Gasteiger partial charge in [-0.1, -0.05) is 15.9 Å². The Morgan fingerprint density at radius 3 is 2.59 bits per heavy atom. The summed E-state index contributed by atoms with van der Waals surface area (Å²) >= 11 is 3.57. The van der Waals surface area contributed by atoms with Gasteiger partial charge in [-0.05, 0) is 19.8 Å². The first-order valence-corrected chi connectivity index (χ1v) is 7.30. The van der Waals surface area contributed by atoms with Crippen molar-refractivity contribution in [3.05, 3.63) is 11.3 Å². The molecule has 2 unspecified atom stereocenters. The van der Waals surface area contributed by atoms with E-state index in [0.717, 1.165) is 24.1 Å². The SMILES string of the molecule is Cc1nn(C)c(N2CC3CCC(C2)O3)c1CBr. The molecule has 2 bridgehead atoms. The Kier molecular flexibility index (Phi) is 2.91. The Hall–Kier alpha value is -0.550. The minimum absolute atomic E-state index is 0.423. The zero-order valence-corrected chi connectivity index (χ0v) is 11.9. The van der Waals surface area contributed by atoms with E-state index in [4.69, 9.17) is 4.74 Å². The predicted octanol–water partition coefficient (Wildman–Crippen LogP) is 1.99. The number of aryl methyl sites for hydroxylation is 2. The van der Waals surface area contributed by atoms with Crippen LogP contribution < -0.4 is 4.90 Å². The molecule has 4 nitrogen and oxygen atoms in total. The van der Waals surface area contributed by atoms with Crippen LogP contribution in [0.1, 0.15) is 24.1 Å². The number of aromatic nitrogens is 2. The number of hydrogen-bond donors (Lipinski definition) is 0. The Labute approximate surface area is 110 Å². The molecule has 0 amide bonds. The topological polar surface area (TPSA) is 30.3 Å². The van der Waals surface area contributed by atoms with Crippen molar-refractivity contribution in [2.24, 2.45) is 7.05 Å². The van der Waals surface area contributed by atoms with Crippen molar-refractivity contribution in [1.82, 2.24) is 9.78 Å². The average molecular weight is 300 g/mol. The molecule has 2 aliphatic rings. The van der Waals surface area contributed by atoms with Crippen LogP contribution >= 0.6 is 15.9 Å². The smallest absolute Gasteiger partial charge is 0.131 e. The van der Waals surface area contributed by atoms with Gasteiger partial charge in [-0.2, -0.15) is 5.10 Å². The number of alkyl halides is 1. The third-order valence-corrected chi connectivity index (χ3v) is 4.35. The first-order chi connectivity index (χ1) is 8.19. The number of nitrogens with zero attached hydrogens (tertiary/aromatic N) is 3. The molecule has 5 heteroatoms. The summed E-state index contributed by atoms with van der Waals surface area (Å²) in [6, 6.07) is 0. The quantitative estimate of drug-likeness (QED) is 0.783. The van der Waals surface area contributed by atoms with E-state index in [2.05, 4.69) is 32.9 Å². The fourth-order valence-corrected chi connectivity index (χ4v) is 3.69. The zero-order valence-electron chi connectivity index (χ0n) is 10.3. The molecule has 0 spiro atoms. The van der Waals surface area contributed by atoms with Gasteiger partial charge in [0.1, 0.15) is 5.82 Å². The maximum atomic E-state index is 5.89. The largest absolute Gasteiger partial charge is 0.371 e. The lowest BCUT2D eigenvalue weighted by molar-refractivity contribution is 0.0299. The minimum atomic E-state index is 0.423. The highest BCUT2D eigenvalue weighted by Gasteiger charge is 2.35. The summed E-state index contributed by atoms with van der Waals surface area (Å²) in [5.41, 5.74) is 2.44. The molecule has 0 N–H and O–H groups in total. The molecule has 17 heavy (non-hydrogen) atoms. The van der Waals surface area contributed by atoms with Crippen molar-refractivity contribution < 1.29 is 4.74 Å². The van der Waals surface area contributed by atoms with Crippen LogP contribution in [0.2, 0.25) is 0 Å². The molecule has 94 valence electrons. The lowest BCUT2D eigenvalue weighted by Crippen LogP contribution is -2.43. The lowest BCUT2D eigenvalue weighted by Gasteiger charge is -2.34. The zero-order chi connectivity index (χ0) is 12.0. The van der Waals surface area contributed by atoms with Gasteiger partial charge in [0.15, 0.2) is 0 Å². The summed E-state index contributed by atoms with van der Waals surface area (Å²) in [4.78, 5) is 2.45. The highest BCUT2D eigenvalue weighted by molar-refractivity contribution is 9.08. The Morgan fingerprint density at radius 2 is 2.00 bits per heavy atom. The summed E-state index contributed by atoms with van der Waals surface area (Å²) in [6.07, 6.45) is 3.27. The molecule has 2 fully saturated rings. The fraction of sp³-hybridized carbons (Fsp3) is 0.750. The molecule has 3 rings (SSSR count). The van der Waals surface area contributed by atoms with Crippen molar-refractivity contribution in [3.63, 3.8) is 0 Å². The maximum absolute atomic E-state index is 5.89. The van der Waals surface area contributed by atoms with Crippen molar-refractivity contribution >= 4 is 21.7 Å². The number of hydrogen-bond acceptors (Lipinski definition) is 3. The van der Waals surface area contributed by atoms with Crippen LogP contribution in [0.5, 0.6) is 0 Å². The molecule has 3 heterocycles. The van der Waals surface area contributed by atoms with Crippen molar-refractivity contribution in [2.45, 2.75) is 37.3 Å². The van der Waals surface area contributed by atoms with E-state index < -0.39 is 0 Å². The van der Waals surface area contributed by atoms with Crippen LogP contribution in [0, 0.1) is 6.92 Å². The summed E-state index contributed by atoms with van der Waals surface area (Å²) in [5.74, 6) is 1.26. The third kappa shape index (κ3) is 1.89. The monoisotopic (exact) mass is 299 g/mol. The van der Waals surface area contributed by atoms with Crippen LogP contribution in [0.25, 0.3) is 0 Å². The van der Waals surface area contributed by atoms with Gasteiger partial charge < -0.3 is 9.64 Å². The van der Waals surface area contributed by atoms with E-state index in [1.54, 1.807) is 0 Å². The first-order valence-electron chi connectivity index (χ1n) is 6.18. The van der Waals surface area contributed by atoms with Gasteiger partial charge in [-0.15, -0.1) is 0 Å². The van der Waals surface area contributed by atoms with E-state index in [-0.39, 0.29) is 0 Å². The highest BCUT2D eigenvalue weighted by Crippen LogP contribution is 2.32. The Balaban J connectivity index is 1.93. The van der Waals surface area contributed by atoms with Gasteiger partial charge >= 0.3 is 0 Å². The number of anilines is 1. The molecule has 1 aromatic heterocycles. The summed E-state index contributed by atoms with van der Waals surface area (Å²) < 4.78 is 7.90. The maximum Gasteiger partial charge on any atom is 0.131 e. The van der Waals surface area contributed by atoms with E-state index in [0.29, 0.717) is 12.2 Å². The van der Waals surface area contributed by atoms with Crippen LogP contribution in [0.4, 0.5) is 5.82 Å². The van der Waals surface area contributed by atoms with Gasteiger partial charge in [0, 0.05) is 31.0 Å². The lowest BCUT2D eigenvalue weighted by atomic mass is 10.2. The van der Waals surface area contributed by atoms with Crippen molar-refractivity contribution in [1.29, 1.82) is 0 Å². The standard InChI is InChI=1S/C12H18BrN3O/c1-8-11(5-13)12(15(2)14-8)16-6-9-3-4-10(7-16)17-9/h9-10H,3-7H2,1-2H3. The van der Waals surface area contributed by atoms with E-state index >= 15 is 0 Å². The van der Waals surface area contributed by atoms with Crippen molar-refractivity contribution in [3.8, 4) is 0 Å². The molecule has 0 aliphatic carbocycles. The summed E-state index contributed by atoms with van der Waals surface area (Å²) in [5, 5.41) is 5.40. The van der Waals surface area contributed by atoms with Gasteiger partial charge in [-0.25, -0.2) is 0 Å². The van der Waals surface area contributed by atoms with Crippen LogP contribution in [-0.4, -0.2) is 35.1 Å². The second-order valence-corrected chi connectivity index (χ2v) is 5.57. The minimum Gasteiger partial charge on any atom is -0.371 e. The number of morpholine rings is 1. The molecule has 2 aliphatic heterocycles. The van der Waals surface area contributed by atoms with Gasteiger partial charge in [0.05, 0.1) is 17.9 Å². The van der Waals surface area contributed by atoms with Gasteiger partial charge in [0.25, 0.3) is 0 Å². The van der Waals surface area contributed by atoms with Crippen LogP contribution in [-0.2, 0) is 17.1 Å². The molecule has 0 saturated carbocycles. The average Bonchev–Trinajstić information content (AvgIpc) is 2.78. The second kappa shape index (κ2) is 4.28. The molecule has 2 saturated heterocycles. The third-order valence-electron chi connectivity index (χ3n) is 3.79. The van der Waals surface area contributed by atoms with E-state index in [1.165, 1.54) is 24.2 Å². The Morgan fingerprint density at radius 1 is 1.35 bits per heavy atom. The molecule has 0 aromatic carbocycles. The van der Waals surface area contributed by atoms with Crippen LogP contribution in [0.15, 0.2) is 0 Å². The van der Waals surface area contributed by atoms with Crippen LogP contribution in [0.3, 0.4) is 0 Å². The predicted molar refractivity (Wildman–Crippen MR) is 70.7 cm³/mol. The fourth-order valence-electron chi connectivity index (χ4n) is 3.03. The van der Waals surface area contributed by atoms with Crippen molar-refractivity contribution in [2.75, 3.05) is 18.0 Å². The molecular weight excluding hydrogens is 282 g/mol. The number of rotatable bonds is 2. The summed E-state index contributed by atoms with van der Waals surface area (Å²) in [6.45, 7) is 4.10. The molecule has 0 radical (unpaired) electrons. The second-order valence-electron chi connectivity index (χ2n) is 5.01. The van der Waals surface area contributed by atoms with Gasteiger partial charge in [-0.3, -0.25) is 4.68 Å². The molecule has 1 aromatic rings. The van der Waals surface area contributed by atoms with Gasteiger partial charge in [0.2, 0.25) is 0 Å². The van der Waals surface area contributed by atoms with E-state index in [9.17, 15) is 0 Å². The first kappa shape index (κ1) is 11.5. The number of halogens is 1. The molecule has 2 atom stereocenters. The highest BCUT2D eigenvalue weighted by atomic mass is 79.9. The number of ether oxygens (including phenoxy) is 1. The normalized spacial score (nSPS) is 27.8. The summed E-state index contributed by atoms with van der Waals surface area (Å²) in [7, 11) is 2.03.